The van der Waals surface area contributed by atoms with Crippen molar-refractivity contribution in [1.29, 1.82) is 0 Å². The van der Waals surface area contributed by atoms with Crippen molar-refractivity contribution in [3.63, 3.8) is 0 Å². The second kappa shape index (κ2) is 13.7. The summed E-state index contributed by atoms with van der Waals surface area (Å²) in [7, 11) is 1.67. The number of hydrogen-bond acceptors (Lipinski definition) is 5. The van der Waals surface area contributed by atoms with E-state index in [1.54, 1.807) is 7.11 Å². The Bertz CT molecular complexity index is 1310. The van der Waals surface area contributed by atoms with Gasteiger partial charge in [0.15, 0.2) is 11.5 Å². The molecule has 0 fully saturated rings. The number of fused-ring (bicyclic) bond motifs is 1. The van der Waals surface area contributed by atoms with Gasteiger partial charge in [0.25, 0.3) is 5.91 Å². The van der Waals surface area contributed by atoms with Gasteiger partial charge in [-0.3, -0.25) is 4.79 Å². The maximum Gasteiger partial charge on any atom is 0.261 e. The number of nitrogens with one attached hydrogen (secondary N) is 1. The summed E-state index contributed by atoms with van der Waals surface area (Å²) >= 11 is 1.47. The predicted molar refractivity (Wildman–Crippen MR) is 152 cm³/mol. The van der Waals surface area contributed by atoms with Gasteiger partial charge in [0.2, 0.25) is 0 Å². The fourth-order valence-corrected chi connectivity index (χ4v) is 4.99. The highest BCUT2D eigenvalue weighted by Crippen LogP contribution is 2.29. The van der Waals surface area contributed by atoms with Crippen molar-refractivity contribution in [2.75, 3.05) is 20.3 Å². The molecule has 0 saturated heterocycles. The Labute approximate surface area is 222 Å². The molecule has 37 heavy (non-hydrogen) atoms. The number of carbonyl (C=O) groups excluding carboxylic acids is 1. The number of ether oxygens (including phenoxy) is 2. The highest BCUT2D eigenvalue weighted by atomic mass is 32.1. The van der Waals surface area contributed by atoms with Gasteiger partial charge in [0.1, 0.15) is 5.82 Å². The number of aryl methyl sites for hydroxylation is 2. The van der Waals surface area contributed by atoms with Crippen LogP contribution in [0, 0.1) is 0 Å². The molecule has 0 aliphatic carbocycles. The van der Waals surface area contributed by atoms with Gasteiger partial charge in [0, 0.05) is 19.5 Å². The molecule has 0 saturated carbocycles. The minimum Gasteiger partial charge on any atom is -0.493 e. The number of aromatic nitrogens is 2. The van der Waals surface area contributed by atoms with Crippen LogP contribution in [0.2, 0.25) is 0 Å². The molecule has 2 aromatic carbocycles. The summed E-state index contributed by atoms with van der Waals surface area (Å²) in [6.07, 6.45) is 8.85. The number of allylic oxidation sites excluding steroid dienone is 1. The fraction of sp³-hybridized carbons (Fsp3) is 0.333. The van der Waals surface area contributed by atoms with Crippen molar-refractivity contribution in [3.8, 4) is 11.5 Å². The molecule has 0 bridgehead atoms. The Hall–Kier alpha value is -3.58. The van der Waals surface area contributed by atoms with Crippen molar-refractivity contribution in [2.45, 2.75) is 45.6 Å². The number of rotatable bonds is 14. The van der Waals surface area contributed by atoms with Crippen LogP contribution >= 0.6 is 11.3 Å². The third kappa shape index (κ3) is 7.23. The Morgan fingerprint density at radius 2 is 1.95 bits per heavy atom. The molecule has 0 spiro atoms. The predicted octanol–water partition coefficient (Wildman–Crippen LogP) is 6.75. The first-order valence-corrected chi connectivity index (χ1v) is 13.8. The quantitative estimate of drug-likeness (QED) is 0.188. The van der Waals surface area contributed by atoms with Gasteiger partial charge < -0.3 is 19.4 Å². The van der Waals surface area contributed by atoms with E-state index in [0.717, 1.165) is 77.4 Å². The zero-order chi connectivity index (χ0) is 25.9. The minimum atomic E-state index is 0.0189. The molecule has 6 nitrogen and oxygen atoms in total. The molecule has 0 aliphatic rings. The van der Waals surface area contributed by atoms with Crippen molar-refractivity contribution >= 4 is 34.4 Å². The smallest absolute Gasteiger partial charge is 0.261 e. The largest absolute Gasteiger partial charge is 0.493 e. The third-order valence-corrected chi connectivity index (χ3v) is 7.04. The molecule has 2 heterocycles. The second-order valence-electron chi connectivity index (χ2n) is 8.82. The molecule has 4 aromatic rings. The number of hydrogen-bond donors (Lipinski definition) is 1. The molecule has 0 aliphatic heterocycles. The number of methoxy groups -OCH3 is 1. The van der Waals surface area contributed by atoms with Crippen LogP contribution in [-0.2, 0) is 13.0 Å². The van der Waals surface area contributed by atoms with Crippen LogP contribution in [0.25, 0.3) is 17.1 Å². The van der Waals surface area contributed by atoms with Crippen molar-refractivity contribution in [3.05, 3.63) is 82.3 Å². The Morgan fingerprint density at radius 1 is 1.05 bits per heavy atom. The van der Waals surface area contributed by atoms with Gasteiger partial charge in [-0.2, -0.15) is 0 Å². The second-order valence-corrected chi connectivity index (χ2v) is 9.77. The highest BCUT2D eigenvalue weighted by molar-refractivity contribution is 7.12. The van der Waals surface area contributed by atoms with E-state index in [9.17, 15) is 4.79 Å². The number of amides is 1. The molecular formula is C30H35N3O3S. The lowest BCUT2D eigenvalue weighted by atomic mass is 10.2. The van der Waals surface area contributed by atoms with Crippen LogP contribution in [0.5, 0.6) is 11.5 Å². The van der Waals surface area contributed by atoms with Crippen LogP contribution < -0.4 is 14.8 Å². The van der Waals surface area contributed by atoms with Gasteiger partial charge in [-0.15, -0.1) is 11.3 Å². The number of thiophene rings is 1. The van der Waals surface area contributed by atoms with Crippen LogP contribution in [-0.4, -0.2) is 35.7 Å². The number of benzene rings is 2. The first kappa shape index (κ1) is 26.5. The standard InChI is InChI=1S/C30H35N3O3S/c1-3-11-23-16-17-26(27(22-23)35-2)36-20-10-19-33-25-13-7-6-12-24(25)32-29(33)15-5-4-8-18-31-30(34)28-14-9-21-37-28/h3,6-7,9,11-14,16-17,21-22H,4-5,8,10,15,18-20H2,1-2H3,(H,31,34)/b11-3+. The van der Waals surface area contributed by atoms with Crippen molar-refractivity contribution in [1.82, 2.24) is 14.9 Å². The van der Waals surface area contributed by atoms with E-state index in [2.05, 4.69) is 28.1 Å². The Morgan fingerprint density at radius 3 is 2.76 bits per heavy atom. The molecule has 4 rings (SSSR count). The monoisotopic (exact) mass is 517 g/mol. The third-order valence-electron chi connectivity index (χ3n) is 6.17. The molecule has 0 unspecified atom stereocenters. The van der Waals surface area contributed by atoms with E-state index in [4.69, 9.17) is 14.5 Å². The zero-order valence-corrected chi connectivity index (χ0v) is 22.4. The van der Waals surface area contributed by atoms with E-state index < -0.39 is 0 Å². The Kier molecular flexibility index (Phi) is 9.77. The summed E-state index contributed by atoms with van der Waals surface area (Å²) in [6.45, 7) is 4.13. The van der Waals surface area contributed by atoms with Gasteiger partial charge in [-0.05, 0) is 67.5 Å². The average Bonchev–Trinajstić information content (AvgIpc) is 3.58. The summed E-state index contributed by atoms with van der Waals surface area (Å²) in [5.41, 5.74) is 3.28. The minimum absolute atomic E-state index is 0.0189. The normalized spacial score (nSPS) is 11.3. The first-order valence-electron chi connectivity index (χ1n) is 12.9. The van der Waals surface area contributed by atoms with Crippen LogP contribution in [0.4, 0.5) is 0 Å². The van der Waals surface area contributed by atoms with Gasteiger partial charge >= 0.3 is 0 Å². The number of nitrogens with zero attached hydrogens (tertiary/aromatic N) is 2. The van der Waals surface area contributed by atoms with Crippen LogP contribution in [0.15, 0.2) is 66.1 Å². The maximum absolute atomic E-state index is 12.1. The number of imidazole rings is 1. The summed E-state index contributed by atoms with van der Waals surface area (Å²) in [5, 5.41) is 4.93. The number of para-hydroxylation sites is 2. The van der Waals surface area contributed by atoms with E-state index in [1.807, 2.05) is 60.9 Å². The summed E-state index contributed by atoms with van der Waals surface area (Å²) in [4.78, 5) is 17.7. The SMILES string of the molecule is C/C=C/c1ccc(OCCCn2c(CCCCCNC(=O)c3cccs3)nc3ccccc32)c(OC)c1. The van der Waals surface area contributed by atoms with E-state index in [-0.39, 0.29) is 5.91 Å². The molecule has 194 valence electrons. The summed E-state index contributed by atoms with van der Waals surface area (Å²) < 4.78 is 13.9. The molecule has 1 amide bonds. The van der Waals surface area contributed by atoms with Gasteiger partial charge in [-0.25, -0.2) is 4.98 Å². The molecular weight excluding hydrogens is 482 g/mol. The molecule has 0 radical (unpaired) electrons. The molecule has 1 N–H and O–H groups in total. The van der Waals surface area contributed by atoms with E-state index >= 15 is 0 Å². The van der Waals surface area contributed by atoms with Crippen LogP contribution in [0.1, 0.15) is 53.7 Å². The fourth-order valence-electron chi connectivity index (χ4n) is 4.35. The Balaban J connectivity index is 1.27. The lowest BCUT2D eigenvalue weighted by Crippen LogP contribution is -2.23. The summed E-state index contributed by atoms with van der Waals surface area (Å²) in [5.74, 6) is 2.64. The van der Waals surface area contributed by atoms with Gasteiger partial charge in [-0.1, -0.05) is 42.8 Å². The topological polar surface area (TPSA) is 65.4 Å². The zero-order valence-electron chi connectivity index (χ0n) is 21.6. The molecule has 0 atom stereocenters. The lowest BCUT2D eigenvalue weighted by Gasteiger charge is -2.13. The van der Waals surface area contributed by atoms with Crippen LogP contribution in [0.3, 0.4) is 0 Å². The average molecular weight is 518 g/mol. The van der Waals surface area contributed by atoms with Gasteiger partial charge in [0.05, 0.1) is 29.6 Å². The summed E-state index contributed by atoms with van der Waals surface area (Å²) in [6, 6.07) is 18.1. The number of unbranched alkanes of at least 4 members (excludes halogenated alkanes) is 2. The highest BCUT2D eigenvalue weighted by Gasteiger charge is 2.11. The molecule has 7 heteroatoms. The first-order chi connectivity index (χ1) is 18.2. The maximum atomic E-state index is 12.1. The lowest BCUT2D eigenvalue weighted by molar-refractivity contribution is 0.0957. The van der Waals surface area contributed by atoms with Crippen molar-refractivity contribution < 1.29 is 14.3 Å². The van der Waals surface area contributed by atoms with E-state index in [1.165, 1.54) is 11.3 Å². The molecule has 2 aromatic heterocycles. The number of carbonyl (C=O) groups is 1. The van der Waals surface area contributed by atoms with Crippen molar-refractivity contribution in [2.24, 2.45) is 0 Å². The van der Waals surface area contributed by atoms with E-state index in [0.29, 0.717) is 13.2 Å².